The minimum atomic E-state index is 0. The summed E-state index contributed by atoms with van der Waals surface area (Å²) in [7, 11) is 0. The average Bonchev–Trinajstić information content (AvgIpc) is 1.37. The van der Waals surface area contributed by atoms with Gasteiger partial charge < -0.3 is 24.0 Å². The van der Waals surface area contributed by atoms with Crippen molar-refractivity contribution in [3.63, 3.8) is 0 Å². The van der Waals surface area contributed by atoms with Crippen molar-refractivity contribution in [2.75, 3.05) is 0 Å². The van der Waals surface area contributed by atoms with Crippen molar-refractivity contribution in [2.24, 2.45) is 0 Å². The molecule has 0 aromatic rings. The summed E-state index contributed by atoms with van der Waals surface area (Å²) < 4.78 is 0. The Morgan fingerprint density at radius 2 is 1.83 bits per heavy atom. The van der Waals surface area contributed by atoms with Crippen LogP contribution in [0.5, 0.6) is 0 Å². The van der Waals surface area contributed by atoms with E-state index in [1.54, 1.807) is 0 Å². The first-order valence-electron chi connectivity index (χ1n) is 1.08. The predicted molar refractivity (Wildman–Crippen MR) is 15.6 cm³/mol. The average molecular weight is 246 g/mol. The molecule has 1 radical (unpaired) electrons. The van der Waals surface area contributed by atoms with E-state index >= 15 is 0 Å². The summed E-state index contributed by atoms with van der Waals surface area (Å²) in [5.74, 6) is 0. The van der Waals surface area contributed by atoms with Gasteiger partial charge in [-0.25, -0.2) is 0 Å². The molecular weight excluding hydrogens is 242 g/mol. The molecule has 0 N–H and O–H groups in total. The molecule has 1 nitrogen and oxygen atoms in total. The number of nitriles is 1. The Hall–Kier alpha value is 0.843. The van der Waals surface area contributed by atoms with Gasteiger partial charge in [0.2, 0.25) is 0 Å². The molecular formula is C3H4INZn-. The summed E-state index contributed by atoms with van der Waals surface area (Å²) in [6, 6.07) is 1.82. The topological polar surface area (TPSA) is 23.8 Å². The molecule has 6 heavy (non-hydrogen) atoms. The number of halogens is 1. The Bertz CT molecular complexity index is 40.5. The van der Waals surface area contributed by atoms with Crippen LogP contribution >= 0.6 is 0 Å². The van der Waals surface area contributed by atoms with Crippen LogP contribution < -0.4 is 24.0 Å². The Balaban J connectivity index is -0.0000000450. The van der Waals surface area contributed by atoms with Gasteiger partial charge in [-0.1, -0.05) is 0 Å². The molecule has 3 heteroatoms. The molecule has 0 aliphatic heterocycles. The Morgan fingerprint density at radius 1 is 1.67 bits per heavy atom. The fraction of sp³-hybridized carbons (Fsp3) is 0.333. The van der Waals surface area contributed by atoms with Gasteiger partial charge in [0.15, 0.2) is 0 Å². The molecule has 0 aliphatic carbocycles. The van der Waals surface area contributed by atoms with Gasteiger partial charge in [0.1, 0.15) is 0 Å². The number of hydrogen-bond donors (Lipinski definition) is 0. The molecule has 0 atom stereocenters. The molecule has 0 saturated carbocycles. The Kier molecular flexibility index (Phi) is 44.7. The minimum Gasteiger partial charge on any atom is -1.00 e. The zero-order valence-corrected chi connectivity index (χ0v) is 8.57. The normalized spacial score (nSPS) is 3.33. The van der Waals surface area contributed by atoms with Crippen molar-refractivity contribution in [3.05, 3.63) is 6.92 Å². The Morgan fingerprint density at radius 3 is 1.83 bits per heavy atom. The van der Waals surface area contributed by atoms with E-state index in [1.807, 2.05) is 6.07 Å². The van der Waals surface area contributed by atoms with Crippen molar-refractivity contribution in [2.45, 2.75) is 6.42 Å². The van der Waals surface area contributed by atoms with Gasteiger partial charge in [-0.2, -0.15) is 5.26 Å². The first-order chi connectivity index (χ1) is 1.91. The third kappa shape index (κ3) is 21.1. The maximum Gasteiger partial charge on any atom is 0.0621 e. The van der Waals surface area contributed by atoms with Gasteiger partial charge in [-0.05, 0) is 6.92 Å². The first kappa shape index (κ1) is 15.8. The molecule has 0 saturated heterocycles. The van der Waals surface area contributed by atoms with Gasteiger partial charge in [0, 0.05) is 25.9 Å². The van der Waals surface area contributed by atoms with Gasteiger partial charge in [-0.3, -0.25) is 0 Å². The van der Waals surface area contributed by atoms with Crippen LogP contribution in [0.2, 0.25) is 0 Å². The summed E-state index contributed by atoms with van der Waals surface area (Å²) >= 11 is 0. The van der Waals surface area contributed by atoms with E-state index in [-0.39, 0.29) is 43.5 Å². The van der Waals surface area contributed by atoms with Crippen LogP contribution in [0.4, 0.5) is 0 Å². The zero-order valence-electron chi connectivity index (χ0n) is 3.45. The van der Waals surface area contributed by atoms with Crippen molar-refractivity contribution in [1.29, 1.82) is 5.26 Å². The van der Waals surface area contributed by atoms with Gasteiger partial charge in [0.05, 0.1) is 6.07 Å². The smallest absolute Gasteiger partial charge is 0.0621 e. The number of nitrogens with zero attached hydrogens (tertiary/aromatic N) is 1. The maximum atomic E-state index is 7.56. The second-order valence-electron chi connectivity index (χ2n) is 0.408. The maximum absolute atomic E-state index is 7.56. The standard InChI is InChI=1S/C3H4N.HI.Zn/c1-2-3-4;;/h1-2H2;1H;/p-1. The fourth-order valence-electron chi connectivity index (χ4n) is 0. The van der Waals surface area contributed by atoms with Crippen molar-refractivity contribution in [1.82, 2.24) is 0 Å². The number of hydrogen-bond acceptors (Lipinski definition) is 1. The molecule has 0 rings (SSSR count). The van der Waals surface area contributed by atoms with Crippen LogP contribution in [0.3, 0.4) is 0 Å². The van der Waals surface area contributed by atoms with Crippen LogP contribution in [-0.2, 0) is 19.5 Å². The molecule has 0 spiro atoms. The van der Waals surface area contributed by atoms with Crippen molar-refractivity contribution >= 4 is 0 Å². The monoisotopic (exact) mass is 245 g/mol. The molecule has 0 heterocycles. The van der Waals surface area contributed by atoms with E-state index in [0.717, 1.165) is 0 Å². The van der Waals surface area contributed by atoms with Crippen molar-refractivity contribution in [3.8, 4) is 6.07 Å². The molecule has 0 amide bonds. The quantitative estimate of drug-likeness (QED) is 0.349. The van der Waals surface area contributed by atoms with Crippen LogP contribution in [0, 0.1) is 18.3 Å². The van der Waals surface area contributed by atoms with Crippen molar-refractivity contribution < 1.29 is 43.5 Å². The van der Waals surface area contributed by atoms with E-state index < -0.39 is 0 Å². The molecule has 31 valence electrons. The van der Waals surface area contributed by atoms with E-state index in [9.17, 15) is 0 Å². The summed E-state index contributed by atoms with van der Waals surface area (Å²) in [5.41, 5.74) is 0. The second kappa shape index (κ2) is 17.0. The third-order valence-electron chi connectivity index (χ3n) is 0.112. The molecule has 0 aliphatic rings. The molecule has 0 aromatic carbocycles. The predicted octanol–water partition coefficient (Wildman–Crippen LogP) is -2.26. The molecule has 0 fully saturated rings. The van der Waals surface area contributed by atoms with E-state index in [4.69, 9.17) is 5.26 Å². The molecule has 0 bridgehead atoms. The SMILES string of the molecule is [CH2]CC#N.[I-].[Zn]. The summed E-state index contributed by atoms with van der Waals surface area (Å²) in [5, 5.41) is 7.56. The van der Waals surface area contributed by atoms with Gasteiger partial charge >= 0.3 is 0 Å². The van der Waals surface area contributed by atoms with Crippen LogP contribution in [0.1, 0.15) is 6.42 Å². The first-order valence-corrected chi connectivity index (χ1v) is 1.08. The fourth-order valence-corrected chi connectivity index (χ4v) is 0. The van der Waals surface area contributed by atoms with Gasteiger partial charge in [-0.15, -0.1) is 0 Å². The molecule has 0 unspecified atom stereocenters. The van der Waals surface area contributed by atoms with Crippen LogP contribution in [0.25, 0.3) is 0 Å². The largest absolute Gasteiger partial charge is 1.00 e. The minimum absolute atomic E-state index is 0. The van der Waals surface area contributed by atoms with E-state index in [0.29, 0.717) is 6.42 Å². The van der Waals surface area contributed by atoms with E-state index in [2.05, 4.69) is 6.92 Å². The summed E-state index contributed by atoms with van der Waals surface area (Å²) in [6.07, 6.45) is 0.375. The Labute approximate surface area is 67.9 Å². The summed E-state index contributed by atoms with van der Waals surface area (Å²) in [6.45, 7) is 3.24. The second-order valence-corrected chi connectivity index (χ2v) is 0.408. The van der Waals surface area contributed by atoms with Crippen LogP contribution in [0.15, 0.2) is 0 Å². The van der Waals surface area contributed by atoms with Crippen LogP contribution in [-0.4, -0.2) is 0 Å². The molecule has 0 aromatic heterocycles. The zero-order chi connectivity index (χ0) is 3.41. The summed E-state index contributed by atoms with van der Waals surface area (Å²) in [4.78, 5) is 0. The van der Waals surface area contributed by atoms with Gasteiger partial charge in [0.25, 0.3) is 0 Å². The van der Waals surface area contributed by atoms with E-state index in [1.165, 1.54) is 0 Å². The third-order valence-corrected chi connectivity index (χ3v) is 0.112. The number of rotatable bonds is 0.